The predicted octanol–water partition coefficient (Wildman–Crippen LogP) is 4.24. The van der Waals surface area contributed by atoms with Crippen molar-refractivity contribution in [1.29, 1.82) is 0 Å². The minimum absolute atomic E-state index is 0. The average molecular weight is 410 g/mol. The van der Waals surface area contributed by atoms with Crippen LogP contribution >= 0.6 is 23.7 Å². The third-order valence-corrected chi connectivity index (χ3v) is 6.49. The summed E-state index contributed by atoms with van der Waals surface area (Å²) in [5.41, 5.74) is 8.11. The number of benzene rings is 1. The minimum atomic E-state index is -0.0513. The number of carbonyl (C=O) groups is 1. The Hall–Kier alpha value is -1.63. The lowest BCUT2D eigenvalue weighted by molar-refractivity contribution is -0.122. The van der Waals surface area contributed by atoms with E-state index in [1.54, 1.807) is 18.4 Å². The number of hydrogen-bond acceptors (Lipinski definition) is 5. The van der Waals surface area contributed by atoms with Gasteiger partial charge in [0, 0.05) is 18.0 Å². The highest BCUT2D eigenvalue weighted by molar-refractivity contribution is 7.15. The summed E-state index contributed by atoms with van der Waals surface area (Å²) in [5.74, 6) is 1.23. The number of ether oxygens (including phenoxy) is 1. The lowest BCUT2D eigenvalue weighted by Gasteiger charge is -2.17. The van der Waals surface area contributed by atoms with Gasteiger partial charge in [-0.25, -0.2) is 4.98 Å². The van der Waals surface area contributed by atoms with Crippen LogP contribution in [-0.2, 0) is 4.79 Å². The number of nitrogens with zero attached hydrogens (tertiary/aromatic N) is 1. The van der Waals surface area contributed by atoms with Gasteiger partial charge in [0.25, 0.3) is 0 Å². The van der Waals surface area contributed by atoms with Crippen molar-refractivity contribution in [3.8, 4) is 16.3 Å². The molecule has 5 nitrogen and oxygen atoms in total. The smallest absolute Gasteiger partial charge is 0.220 e. The average Bonchev–Trinajstić information content (AvgIpc) is 3.21. The molecular formula is C20H28ClN3O2S. The quantitative estimate of drug-likeness (QED) is 0.747. The summed E-state index contributed by atoms with van der Waals surface area (Å²) in [5, 5.41) is 4.08. The molecule has 1 aliphatic rings. The Kier molecular flexibility index (Phi) is 7.65. The Morgan fingerprint density at radius 1 is 1.37 bits per heavy atom. The van der Waals surface area contributed by atoms with Gasteiger partial charge in [-0.15, -0.1) is 23.7 Å². The van der Waals surface area contributed by atoms with Crippen LogP contribution in [0.4, 0.5) is 0 Å². The molecule has 3 N–H and O–H groups in total. The Morgan fingerprint density at radius 3 is 2.67 bits per heavy atom. The fraction of sp³-hybridized carbons (Fsp3) is 0.500. The van der Waals surface area contributed by atoms with Crippen LogP contribution in [0.3, 0.4) is 0 Å². The van der Waals surface area contributed by atoms with Gasteiger partial charge < -0.3 is 15.8 Å². The van der Waals surface area contributed by atoms with E-state index in [0.717, 1.165) is 46.2 Å². The first-order valence-electron chi connectivity index (χ1n) is 9.14. The summed E-state index contributed by atoms with van der Waals surface area (Å²) in [6.07, 6.45) is 3.75. The van der Waals surface area contributed by atoms with Gasteiger partial charge in [0.2, 0.25) is 5.91 Å². The van der Waals surface area contributed by atoms with Crippen molar-refractivity contribution in [2.45, 2.75) is 51.6 Å². The van der Waals surface area contributed by atoms with Crippen molar-refractivity contribution in [2.24, 2.45) is 11.7 Å². The topological polar surface area (TPSA) is 77.2 Å². The van der Waals surface area contributed by atoms with Crippen molar-refractivity contribution in [1.82, 2.24) is 10.3 Å². The van der Waals surface area contributed by atoms with Crippen LogP contribution in [-0.4, -0.2) is 24.0 Å². The zero-order chi connectivity index (χ0) is 18.7. The first kappa shape index (κ1) is 21.7. The molecule has 148 valence electrons. The zero-order valence-corrected chi connectivity index (χ0v) is 17.7. The maximum atomic E-state index is 12.4. The number of halogens is 1. The second-order valence-corrected chi connectivity index (χ2v) is 8.08. The Labute approximate surface area is 171 Å². The maximum Gasteiger partial charge on any atom is 0.220 e. The van der Waals surface area contributed by atoms with Crippen molar-refractivity contribution >= 4 is 29.7 Å². The number of amides is 1. The lowest BCUT2D eigenvalue weighted by atomic mass is 9.99. The number of carbonyl (C=O) groups excluding carboxylic acids is 1. The second kappa shape index (κ2) is 9.53. The highest BCUT2D eigenvalue weighted by Gasteiger charge is 2.27. The number of methoxy groups -OCH3 is 1. The molecule has 7 heteroatoms. The summed E-state index contributed by atoms with van der Waals surface area (Å²) in [6.45, 7) is 4.01. The van der Waals surface area contributed by atoms with Crippen LogP contribution in [0.15, 0.2) is 24.3 Å². The van der Waals surface area contributed by atoms with Crippen molar-refractivity contribution < 1.29 is 9.53 Å². The van der Waals surface area contributed by atoms with Gasteiger partial charge in [-0.2, -0.15) is 0 Å². The molecule has 1 saturated carbocycles. The molecule has 0 bridgehead atoms. The zero-order valence-electron chi connectivity index (χ0n) is 16.0. The molecular weight excluding hydrogens is 382 g/mol. The van der Waals surface area contributed by atoms with Crippen LogP contribution in [0, 0.1) is 12.8 Å². The van der Waals surface area contributed by atoms with Crippen LogP contribution in [0.25, 0.3) is 10.6 Å². The van der Waals surface area contributed by atoms with Crippen molar-refractivity contribution in [3.63, 3.8) is 0 Å². The van der Waals surface area contributed by atoms with Gasteiger partial charge in [0.1, 0.15) is 10.8 Å². The SMILES string of the molecule is COc1ccc(-c2nc(C)c(C(C)NC(=O)C[C@@H]3CCC[C@H]3N)s2)cc1.Cl. The van der Waals surface area contributed by atoms with E-state index in [0.29, 0.717) is 12.3 Å². The van der Waals surface area contributed by atoms with Crippen molar-refractivity contribution in [3.05, 3.63) is 34.8 Å². The van der Waals surface area contributed by atoms with E-state index >= 15 is 0 Å². The largest absolute Gasteiger partial charge is 0.497 e. The van der Waals surface area contributed by atoms with E-state index in [9.17, 15) is 4.79 Å². The van der Waals surface area contributed by atoms with Gasteiger partial charge >= 0.3 is 0 Å². The minimum Gasteiger partial charge on any atom is -0.497 e. The van der Waals surface area contributed by atoms with Gasteiger partial charge in [-0.1, -0.05) is 6.42 Å². The molecule has 27 heavy (non-hydrogen) atoms. The lowest BCUT2D eigenvalue weighted by Crippen LogP contribution is -2.32. The summed E-state index contributed by atoms with van der Waals surface area (Å²) in [4.78, 5) is 18.2. The Bertz CT molecular complexity index is 763. The molecule has 3 rings (SSSR count). The summed E-state index contributed by atoms with van der Waals surface area (Å²) >= 11 is 1.63. The first-order valence-corrected chi connectivity index (χ1v) is 9.96. The molecule has 1 heterocycles. The highest BCUT2D eigenvalue weighted by Crippen LogP contribution is 2.33. The number of nitrogens with one attached hydrogen (secondary N) is 1. The van der Waals surface area contributed by atoms with Crippen LogP contribution in [0.1, 0.15) is 49.2 Å². The number of aromatic nitrogens is 1. The van der Waals surface area contributed by atoms with Gasteiger partial charge in [0.15, 0.2) is 0 Å². The highest BCUT2D eigenvalue weighted by atomic mass is 35.5. The number of nitrogens with two attached hydrogens (primary N) is 1. The summed E-state index contributed by atoms with van der Waals surface area (Å²) in [7, 11) is 1.66. The molecule has 1 amide bonds. The Balaban J connectivity index is 0.00000261. The fourth-order valence-electron chi connectivity index (χ4n) is 3.59. The summed E-state index contributed by atoms with van der Waals surface area (Å²) < 4.78 is 5.20. The maximum absolute atomic E-state index is 12.4. The van der Waals surface area contributed by atoms with Crippen LogP contribution < -0.4 is 15.8 Å². The third kappa shape index (κ3) is 5.21. The molecule has 3 atom stereocenters. The van der Waals surface area contributed by atoms with Crippen LogP contribution in [0.2, 0.25) is 0 Å². The van der Waals surface area contributed by atoms with Gasteiger partial charge in [0.05, 0.1) is 23.7 Å². The number of hydrogen-bond donors (Lipinski definition) is 2. The molecule has 1 aromatic heterocycles. The van der Waals surface area contributed by atoms with Crippen LogP contribution in [0.5, 0.6) is 5.75 Å². The third-order valence-electron chi connectivity index (χ3n) is 5.11. The number of aryl methyl sites for hydroxylation is 1. The predicted molar refractivity (Wildman–Crippen MR) is 113 cm³/mol. The van der Waals surface area contributed by atoms with Crippen molar-refractivity contribution in [2.75, 3.05) is 7.11 Å². The van der Waals surface area contributed by atoms with E-state index in [1.807, 2.05) is 38.1 Å². The number of rotatable bonds is 6. The molecule has 0 aliphatic heterocycles. The molecule has 0 saturated heterocycles. The fourth-order valence-corrected chi connectivity index (χ4v) is 4.66. The standard InChI is InChI=1S/C20H27N3O2S.ClH/c1-12(22-18(24)11-15-5-4-6-17(15)21)19-13(2)23-20(26-19)14-7-9-16(25-3)10-8-14;/h7-10,12,15,17H,4-6,11,21H2,1-3H3,(H,22,24);1H/t12?,15-,17+;/m0./s1. The molecule has 1 aliphatic carbocycles. The molecule has 2 aromatic rings. The van der Waals surface area contributed by atoms with E-state index in [4.69, 9.17) is 10.5 Å². The molecule has 1 unspecified atom stereocenters. The van der Waals surface area contributed by atoms with E-state index in [1.165, 1.54) is 0 Å². The molecule has 1 fully saturated rings. The second-order valence-electron chi connectivity index (χ2n) is 7.05. The molecule has 0 spiro atoms. The monoisotopic (exact) mass is 409 g/mol. The molecule has 0 radical (unpaired) electrons. The Morgan fingerprint density at radius 2 is 2.07 bits per heavy atom. The van der Waals surface area contributed by atoms with E-state index in [2.05, 4.69) is 10.3 Å². The molecule has 1 aromatic carbocycles. The van der Waals surface area contributed by atoms with Gasteiger partial charge in [-0.05, 0) is 56.9 Å². The normalized spacial score (nSPS) is 20.0. The van der Waals surface area contributed by atoms with E-state index in [-0.39, 0.29) is 30.4 Å². The number of thiazole rings is 1. The van der Waals surface area contributed by atoms with Gasteiger partial charge in [-0.3, -0.25) is 4.79 Å². The first-order chi connectivity index (χ1) is 12.5. The van der Waals surface area contributed by atoms with E-state index < -0.39 is 0 Å². The summed E-state index contributed by atoms with van der Waals surface area (Å²) in [6, 6.07) is 7.99.